The molecule has 10 nitrogen and oxygen atoms in total. The molecule has 10 aromatic carbocycles. The molecule has 12 heteroatoms. The zero-order chi connectivity index (χ0) is 68.2. The quantitative estimate of drug-likeness (QED) is 0.109. The second kappa shape index (κ2) is 24.2. The summed E-state index contributed by atoms with van der Waals surface area (Å²) < 4.78 is 31.8. The fourth-order valence-electron chi connectivity index (χ4n) is 14.8. The number of furan rings is 2. The molecule has 0 radical (unpaired) electrons. The van der Waals surface area contributed by atoms with E-state index in [1.807, 2.05) is 103 Å². The topological polar surface area (TPSA) is 106 Å². The van der Waals surface area contributed by atoms with Gasteiger partial charge in [0.05, 0.1) is 45.0 Å². The summed E-state index contributed by atoms with van der Waals surface area (Å²) in [5, 5.41) is 2.12. The molecule has 0 unspecified atom stereocenters. The van der Waals surface area contributed by atoms with Gasteiger partial charge in [0.25, 0.3) is 0 Å². The number of fused-ring (bicyclic) bond motifs is 14. The van der Waals surface area contributed by atoms with Gasteiger partial charge in [0, 0.05) is 71.9 Å². The molecule has 0 spiro atoms. The van der Waals surface area contributed by atoms with Crippen molar-refractivity contribution in [2.24, 2.45) is 0 Å². The van der Waals surface area contributed by atoms with Crippen molar-refractivity contribution in [1.29, 1.82) is 0 Å². The molecule has 486 valence electrons. The Morgan fingerprint density at radius 3 is 1.11 bits per heavy atom. The normalized spacial score (nSPS) is 14.9. The van der Waals surface area contributed by atoms with E-state index >= 15 is 0 Å². The summed E-state index contributed by atoms with van der Waals surface area (Å²) in [4.78, 5) is 19.1. The minimum Gasteiger partial charge on any atom is -0.457 e. The van der Waals surface area contributed by atoms with Crippen LogP contribution in [-0.4, -0.2) is 47.4 Å². The van der Waals surface area contributed by atoms with E-state index in [-0.39, 0.29) is 10.8 Å². The molecule has 19 rings (SSSR count). The molecule has 0 N–H and O–H groups in total. The lowest BCUT2D eigenvalue weighted by atomic mass is 9.78. The summed E-state index contributed by atoms with van der Waals surface area (Å²) in [5.74, 6) is 2.73. The number of hydrogen-bond donors (Lipinski definition) is 0. The largest absolute Gasteiger partial charge is 0.494 e. The van der Waals surface area contributed by atoms with Gasteiger partial charge < -0.3 is 27.3 Å². The van der Waals surface area contributed by atoms with E-state index in [0.29, 0.717) is 10.6 Å². The molecule has 16 aromatic rings. The van der Waals surface area contributed by atoms with Crippen LogP contribution < -0.4 is 5.46 Å². The third kappa shape index (κ3) is 10.5. The standard InChI is InChI=1S/C41H29N3O.C31H30BNO3.C16H11BrN2/c1-41(2)32-21-13-12-20-30(32)36-37-38(45-39(36)41)31-24-28(22-23-35(31)44(37)29-18-10-5-11-19-29)40-42-33(26-14-6-3-7-15-26)25-34(43-40)27-16-8-4-9-17-27;1-29(2)23-15-11-10-14-21(23)25-26-27(34-28(25)29)22-18-19(32-35-30(3,4)31(5,6)36-32)16-17-24(22)33(26)20-12-8-7-9-13-20;17-16-18-14(12-7-3-1-4-8-12)11-15(19-16)13-9-5-2-6-10-13/h3-25H,1-2H3;7-18H,1-6H3;1-11H. The number of halogens is 1. The van der Waals surface area contributed by atoms with Crippen LogP contribution in [0.25, 0.3) is 134 Å². The fourth-order valence-corrected chi connectivity index (χ4v) is 15.2. The van der Waals surface area contributed by atoms with Crippen LogP contribution in [-0.2, 0) is 20.1 Å². The lowest BCUT2D eigenvalue weighted by molar-refractivity contribution is 0.00578. The van der Waals surface area contributed by atoms with Gasteiger partial charge in [-0.1, -0.05) is 212 Å². The van der Waals surface area contributed by atoms with Crippen molar-refractivity contribution in [2.75, 3.05) is 0 Å². The molecule has 6 aromatic heterocycles. The maximum absolute atomic E-state index is 6.94. The van der Waals surface area contributed by atoms with Crippen molar-refractivity contribution in [3.63, 3.8) is 0 Å². The van der Waals surface area contributed by atoms with Crippen LogP contribution in [0, 0.1) is 0 Å². The Hall–Kier alpha value is -11.0. The molecule has 0 saturated carbocycles. The molecule has 7 heterocycles. The molecule has 1 saturated heterocycles. The summed E-state index contributed by atoms with van der Waals surface area (Å²) >= 11 is 3.39. The first-order valence-electron chi connectivity index (χ1n) is 34.1. The van der Waals surface area contributed by atoms with Crippen molar-refractivity contribution < 1.29 is 18.1 Å². The summed E-state index contributed by atoms with van der Waals surface area (Å²) in [7, 11) is -0.423. The van der Waals surface area contributed by atoms with E-state index in [9.17, 15) is 0 Å². The first-order valence-corrected chi connectivity index (χ1v) is 34.8. The maximum atomic E-state index is 6.94. The van der Waals surface area contributed by atoms with E-state index in [1.165, 1.54) is 33.4 Å². The number of rotatable bonds is 8. The highest BCUT2D eigenvalue weighted by atomic mass is 79.9. The van der Waals surface area contributed by atoms with E-state index in [1.54, 1.807) is 0 Å². The van der Waals surface area contributed by atoms with Crippen LogP contribution in [0.2, 0.25) is 0 Å². The second-order valence-electron chi connectivity index (χ2n) is 28.1. The average molecular weight is 1370 g/mol. The minimum absolute atomic E-state index is 0.206. The lowest BCUT2D eigenvalue weighted by Crippen LogP contribution is -2.41. The Labute approximate surface area is 589 Å². The van der Waals surface area contributed by atoms with E-state index in [2.05, 4.69) is 266 Å². The molecular formula is C88H70BBrN6O4. The highest BCUT2D eigenvalue weighted by molar-refractivity contribution is 9.10. The van der Waals surface area contributed by atoms with Gasteiger partial charge in [-0.15, -0.1) is 0 Å². The van der Waals surface area contributed by atoms with Gasteiger partial charge in [0.15, 0.2) is 21.7 Å². The van der Waals surface area contributed by atoms with E-state index in [4.69, 9.17) is 28.1 Å². The lowest BCUT2D eigenvalue weighted by Gasteiger charge is -2.32. The van der Waals surface area contributed by atoms with Gasteiger partial charge in [-0.25, -0.2) is 19.9 Å². The highest BCUT2D eigenvalue weighted by Gasteiger charge is 2.52. The van der Waals surface area contributed by atoms with Crippen LogP contribution in [0.4, 0.5) is 0 Å². The summed E-state index contributed by atoms with van der Waals surface area (Å²) in [6.07, 6.45) is 0. The third-order valence-electron chi connectivity index (χ3n) is 20.6. The first-order chi connectivity index (χ1) is 48.5. The van der Waals surface area contributed by atoms with E-state index < -0.39 is 18.3 Å². The molecule has 0 atom stereocenters. The number of nitrogens with zero attached hydrogens (tertiary/aromatic N) is 6. The van der Waals surface area contributed by atoms with Gasteiger partial charge in [-0.2, -0.15) is 0 Å². The predicted molar refractivity (Wildman–Crippen MR) is 409 cm³/mol. The Kier molecular flexibility index (Phi) is 15.1. The zero-order valence-electron chi connectivity index (χ0n) is 56.8. The van der Waals surface area contributed by atoms with Crippen molar-refractivity contribution in [2.45, 2.75) is 77.4 Å². The number of hydrogen-bond acceptors (Lipinski definition) is 8. The van der Waals surface area contributed by atoms with Gasteiger partial charge in [0.2, 0.25) is 0 Å². The van der Waals surface area contributed by atoms with Crippen molar-refractivity contribution in [3.05, 3.63) is 306 Å². The molecule has 0 amide bonds. The van der Waals surface area contributed by atoms with Crippen molar-refractivity contribution >= 4 is 72.5 Å². The zero-order valence-corrected chi connectivity index (χ0v) is 58.4. The van der Waals surface area contributed by atoms with Crippen LogP contribution in [0.1, 0.15) is 78.0 Å². The van der Waals surface area contributed by atoms with E-state index in [0.717, 1.165) is 123 Å². The molecule has 1 aliphatic heterocycles. The molecule has 3 aliphatic rings. The number of benzene rings is 10. The minimum atomic E-state index is -0.423. The third-order valence-corrected chi connectivity index (χ3v) is 20.9. The van der Waals surface area contributed by atoms with Gasteiger partial charge in [-0.05, 0) is 166 Å². The highest BCUT2D eigenvalue weighted by Crippen LogP contribution is 2.57. The Morgan fingerprint density at radius 1 is 0.350 bits per heavy atom. The molecule has 100 heavy (non-hydrogen) atoms. The van der Waals surface area contributed by atoms with Crippen molar-refractivity contribution in [3.8, 4) is 90.0 Å². The Morgan fingerprint density at radius 2 is 0.700 bits per heavy atom. The fraction of sp³-hybridized carbons (Fsp3) is 0.136. The van der Waals surface area contributed by atoms with Crippen molar-refractivity contribution in [1.82, 2.24) is 29.1 Å². The summed E-state index contributed by atoms with van der Waals surface area (Å²) in [6.45, 7) is 17.4. The first kappa shape index (κ1) is 62.5. The Bertz CT molecular complexity index is 5680. The van der Waals surface area contributed by atoms with Gasteiger partial charge >= 0.3 is 7.12 Å². The smallest absolute Gasteiger partial charge is 0.457 e. The molecule has 1 fully saturated rings. The van der Waals surface area contributed by atoms with Crippen LogP contribution >= 0.6 is 15.9 Å². The van der Waals surface area contributed by atoms with Gasteiger partial charge in [-0.3, -0.25) is 0 Å². The van der Waals surface area contributed by atoms with Crippen LogP contribution in [0.3, 0.4) is 0 Å². The molecular weight excluding hydrogens is 1300 g/mol. The predicted octanol–water partition coefficient (Wildman–Crippen LogP) is 22.0. The number of aromatic nitrogens is 6. The maximum Gasteiger partial charge on any atom is 0.494 e. The second-order valence-corrected chi connectivity index (χ2v) is 28.8. The number of para-hydroxylation sites is 2. The SMILES string of the molecule is Brc1nc(-c2ccccc2)cc(-c2ccccc2)n1.CC1(C)c2ccccc2-c2c1oc1c3cc(-c4nc(-c5ccccc5)cc(-c5ccccc5)n4)ccc3n(-c3ccccc3)c21.CC1(C)c2ccccc2-c2c1oc1c3cc(B4OC(C)(C)C(C)(C)O4)ccc3n(-c3ccccc3)c21. The molecule has 0 bridgehead atoms. The van der Waals surface area contributed by atoms with Crippen LogP contribution in [0.5, 0.6) is 0 Å². The van der Waals surface area contributed by atoms with Crippen LogP contribution in [0.15, 0.2) is 293 Å². The van der Waals surface area contributed by atoms with Gasteiger partial charge in [0.1, 0.15) is 22.6 Å². The Balaban J connectivity index is 0.000000121. The molecule has 2 aliphatic carbocycles. The average Bonchev–Trinajstić information content (AvgIpc) is 1.53. The summed E-state index contributed by atoms with van der Waals surface area (Å²) in [5.41, 5.74) is 24.5. The monoisotopic (exact) mass is 1360 g/mol. The summed E-state index contributed by atoms with van der Waals surface area (Å²) in [6, 6.07) is 96.4.